The zero-order valence-electron chi connectivity index (χ0n) is 11.8. The van der Waals surface area contributed by atoms with Gasteiger partial charge in [-0.2, -0.15) is 0 Å². The summed E-state index contributed by atoms with van der Waals surface area (Å²) in [5.41, 5.74) is 2.83. The van der Waals surface area contributed by atoms with Crippen LogP contribution in [-0.4, -0.2) is 21.5 Å². The average Bonchev–Trinajstić information content (AvgIpc) is 3.09. The van der Waals surface area contributed by atoms with Gasteiger partial charge in [0.25, 0.3) is 0 Å². The Bertz CT molecular complexity index is 855. The predicted molar refractivity (Wildman–Crippen MR) is 81.6 cm³/mol. The van der Waals surface area contributed by atoms with Gasteiger partial charge in [-0.05, 0) is 23.8 Å². The summed E-state index contributed by atoms with van der Waals surface area (Å²) in [7, 11) is 0. The molecule has 6 nitrogen and oxygen atoms in total. The van der Waals surface area contributed by atoms with Crippen LogP contribution in [0.3, 0.4) is 0 Å². The molecule has 4 rings (SSSR count). The molecule has 3 aromatic heterocycles. The van der Waals surface area contributed by atoms with E-state index in [4.69, 9.17) is 4.42 Å². The third-order valence-corrected chi connectivity index (χ3v) is 3.79. The van der Waals surface area contributed by atoms with Crippen molar-refractivity contribution >= 4 is 5.95 Å². The molecule has 0 saturated heterocycles. The Morgan fingerprint density at radius 1 is 1.23 bits per heavy atom. The van der Waals surface area contributed by atoms with E-state index >= 15 is 0 Å². The van der Waals surface area contributed by atoms with Gasteiger partial charge in [0.2, 0.25) is 11.5 Å². The third-order valence-electron chi connectivity index (χ3n) is 3.79. The lowest BCUT2D eigenvalue weighted by Crippen LogP contribution is -2.33. The molecule has 1 N–H and O–H groups in total. The van der Waals surface area contributed by atoms with Crippen molar-refractivity contribution in [1.29, 1.82) is 0 Å². The maximum absolute atomic E-state index is 11.4. The molecule has 22 heavy (non-hydrogen) atoms. The van der Waals surface area contributed by atoms with E-state index in [0.717, 1.165) is 35.7 Å². The molecule has 1 aliphatic heterocycles. The molecule has 0 radical (unpaired) electrons. The fourth-order valence-corrected chi connectivity index (χ4v) is 2.68. The van der Waals surface area contributed by atoms with Gasteiger partial charge in [0.15, 0.2) is 5.76 Å². The standard InChI is InChI=1S/C16H14N4O2/c21-15-4-3-11-10-20(8-6-12(11)18-15)16-17-7-5-13(19-16)14-2-1-9-22-14/h1-5,7,9H,6,8,10H2,(H,18,21). The molecule has 6 heteroatoms. The molecule has 0 bridgehead atoms. The highest BCUT2D eigenvalue weighted by Gasteiger charge is 2.19. The number of nitrogens with zero attached hydrogens (tertiary/aromatic N) is 3. The monoisotopic (exact) mass is 294 g/mol. The Hall–Kier alpha value is -2.89. The summed E-state index contributed by atoms with van der Waals surface area (Å²) in [6.45, 7) is 1.46. The van der Waals surface area contributed by atoms with E-state index < -0.39 is 0 Å². The van der Waals surface area contributed by atoms with E-state index in [9.17, 15) is 4.79 Å². The van der Waals surface area contributed by atoms with Gasteiger partial charge < -0.3 is 14.3 Å². The van der Waals surface area contributed by atoms with Gasteiger partial charge in [0, 0.05) is 37.5 Å². The summed E-state index contributed by atoms with van der Waals surface area (Å²) in [6.07, 6.45) is 4.15. The van der Waals surface area contributed by atoms with Crippen molar-refractivity contribution in [2.24, 2.45) is 0 Å². The molecule has 0 aromatic carbocycles. The normalized spacial score (nSPS) is 13.9. The number of pyridine rings is 1. The molecule has 0 saturated carbocycles. The van der Waals surface area contributed by atoms with Crippen molar-refractivity contribution in [3.8, 4) is 11.5 Å². The number of fused-ring (bicyclic) bond motifs is 1. The number of furan rings is 1. The van der Waals surface area contributed by atoms with Crippen LogP contribution in [0.1, 0.15) is 11.3 Å². The first kappa shape index (κ1) is 12.8. The smallest absolute Gasteiger partial charge is 0.248 e. The molecule has 0 fully saturated rings. The number of anilines is 1. The van der Waals surface area contributed by atoms with Gasteiger partial charge in [-0.15, -0.1) is 0 Å². The van der Waals surface area contributed by atoms with Gasteiger partial charge in [0.05, 0.1) is 6.26 Å². The summed E-state index contributed by atoms with van der Waals surface area (Å²) in [5.74, 6) is 1.40. The molecule has 0 atom stereocenters. The van der Waals surface area contributed by atoms with Crippen molar-refractivity contribution in [2.45, 2.75) is 13.0 Å². The Kier molecular flexibility index (Phi) is 3.00. The number of hydrogen-bond acceptors (Lipinski definition) is 5. The van der Waals surface area contributed by atoms with E-state index in [1.807, 2.05) is 24.3 Å². The largest absolute Gasteiger partial charge is 0.463 e. The first-order valence-corrected chi connectivity index (χ1v) is 7.12. The first-order valence-electron chi connectivity index (χ1n) is 7.12. The van der Waals surface area contributed by atoms with E-state index in [1.165, 1.54) is 0 Å². The summed E-state index contributed by atoms with van der Waals surface area (Å²) in [5, 5.41) is 0. The second-order valence-corrected chi connectivity index (χ2v) is 5.22. The van der Waals surface area contributed by atoms with E-state index in [0.29, 0.717) is 12.5 Å². The molecule has 1 aliphatic rings. The van der Waals surface area contributed by atoms with Crippen LogP contribution in [0.25, 0.3) is 11.5 Å². The van der Waals surface area contributed by atoms with Crippen LogP contribution in [0.5, 0.6) is 0 Å². The SMILES string of the molecule is O=c1ccc2c([nH]1)CCN(c1nccc(-c3ccco3)n1)C2. The molecule has 110 valence electrons. The second-order valence-electron chi connectivity index (χ2n) is 5.22. The van der Waals surface area contributed by atoms with E-state index in [-0.39, 0.29) is 5.56 Å². The topological polar surface area (TPSA) is 75.0 Å². The second kappa shape index (κ2) is 5.14. The molecular weight excluding hydrogens is 280 g/mol. The molecule has 3 aromatic rings. The van der Waals surface area contributed by atoms with Crippen molar-refractivity contribution in [3.63, 3.8) is 0 Å². The van der Waals surface area contributed by atoms with Crippen molar-refractivity contribution < 1.29 is 4.42 Å². The minimum absolute atomic E-state index is 0.0525. The fraction of sp³-hybridized carbons (Fsp3) is 0.188. The Morgan fingerprint density at radius 2 is 2.18 bits per heavy atom. The maximum atomic E-state index is 11.4. The quantitative estimate of drug-likeness (QED) is 0.782. The highest BCUT2D eigenvalue weighted by Crippen LogP contribution is 2.23. The number of aromatic amines is 1. The lowest BCUT2D eigenvalue weighted by molar-refractivity contribution is 0.579. The lowest BCUT2D eigenvalue weighted by Gasteiger charge is -2.28. The van der Waals surface area contributed by atoms with Gasteiger partial charge in [-0.3, -0.25) is 4.79 Å². The highest BCUT2D eigenvalue weighted by atomic mass is 16.3. The van der Waals surface area contributed by atoms with Crippen molar-refractivity contribution in [2.75, 3.05) is 11.4 Å². The van der Waals surface area contributed by atoms with E-state index in [1.54, 1.807) is 18.5 Å². The minimum Gasteiger partial charge on any atom is -0.463 e. The summed E-state index contributed by atoms with van der Waals surface area (Å²) in [6, 6.07) is 8.98. The number of hydrogen-bond donors (Lipinski definition) is 1. The van der Waals surface area contributed by atoms with E-state index in [2.05, 4.69) is 19.9 Å². The lowest BCUT2D eigenvalue weighted by atomic mass is 10.1. The molecule has 0 aliphatic carbocycles. The fourth-order valence-electron chi connectivity index (χ4n) is 2.68. The molecule has 0 unspecified atom stereocenters. The minimum atomic E-state index is -0.0525. The van der Waals surface area contributed by atoms with Crippen LogP contribution in [0, 0.1) is 0 Å². The third kappa shape index (κ3) is 2.28. The zero-order chi connectivity index (χ0) is 14.9. The predicted octanol–water partition coefficient (Wildman–Crippen LogP) is 1.99. The molecule has 0 spiro atoms. The Balaban J connectivity index is 1.65. The molecular formula is C16H14N4O2. The summed E-state index contributed by atoms with van der Waals surface area (Å²) < 4.78 is 5.38. The average molecular weight is 294 g/mol. The first-order chi connectivity index (χ1) is 10.8. The van der Waals surface area contributed by atoms with Crippen molar-refractivity contribution in [3.05, 3.63) is 64.4 Å². The van der Waals surface area contributed by atoms with Crippen LogP contribution in [-0.2, 0) is 13.0 Å². The molecule has 4 heterocycles. The Labute approximate surface area is 126 Å². The highest BCUT2D eigenvalue weighted by molar-refractivity contribution is 5.53. The molecule has 0 amide bonds. The summed E-state index contributed by atoms with van der Waals surface area (Å²) >= 11 is 0. The number of rotatable bonds is 2. The Morgan fingerprint density at radius 3 is 3.05 bits per heavy atom. The van der Waals surface area contributed by atoms with Crippen LogP contribution < -0.4 is 10.5 Å². The maximum Gasteiger partial charge on any atom is 0.248 e. The van der Waals surface area contributed by atoms with Crippen molar-refractivity contribution in [1.82, 2.24) is 15.0 Å². The number of H-pyrrole nitrogens is 1. The van der Waals surface area contributed by atoms with Gasteiger partial charge in [0.1, 0.15) is 5.69 Å². The number of aromatic nitrogens is 3. The number of nitrogens with one attached hydrogen (secondary N) is 1. The summed E-state index contributed by atoms with van der Waals surface area (Å²) in [4.78, 5) is 25.3. The zero-order valence-corrected chi connectivity index (χ0v) is 11.8. The van der Waals surface area contributed by atoms with Crippen LogP contribution in [0.2, 0.25) is 0 Å². The van der Waals surface area contributed by atoms with Crippen LogP contribution in [0.15, 0.2) is 52.0 Å². The van der Waals surface area contributed by atoms with Gasteiger partial charge >= 0.3 is 0 Å². The van der Waals surface area contributed by atoms with Crippen LogP contribution in [0.4, 0.5) is 5.95 Å². The van der Waals surface area contributed by atoms with Crippen LogP contribution >= 0.6 is 0 Å². The van der Waals surface area contributed by atoms with Gasteiger partial charge in [-0.25, -0.2) is 9.97 Å². The van der Waals surface area contributed by atoms with Gasteiger partial charge in [-0.1, -0.05) is 6.07 Å².